The van der Waals surface area contributed by atoms with Crippen LogP contribution in [0.25, 0.3) is 0 Å². The summed E-state index contributed by atoms with van der Waals surface area (Å²) in [7, 11) is -1.54. The molecule has 112 valence electrons. The summed E-state index contributed by atoms with van der Waals surface area (Å²) in [6.45, 7) is 0.409. The van der Waals surface area contributed by atoms with Crippen LogP contribution in [-0.4, -0.2) is 38.7 Å². The Labute approximate surface area is 124 Å². The van der Waals surface area contributed by atoms with Crippen molar-refractivity contribution in [3.8, 4) is 0 Å². The molecule has 1 fully saturated rings. The van der Waals surface area contributed by atoms with E-state index >= 15 is 0 Å². The largest absolute Gasteiger partial charge is 0.368 e. The standard InChI is InChI=1S/C14H21NO3S2/c1-15(20(2,16)17)9-13-11-7-8-19-14(11)10-5-3-4-6-12(10)18-13/h7-8,10,12-13H,3-6,9H2,1-2H3/t10-,12+,13+/m0/s1. The zero-order chi connectivity index (χ0) is 14.3. The fraction of sp³-hybridized carbons (Fsp3) is 0.714. The molecule has 2 heterocycles. The van der Waals surface area contributed by atoms with Crippen LogP contribution in [0.4, 0.5) is 0 Å². The minimum absolute atomic E-state index is 0.115. The molecule has 1 aliphatic carbocycles. The van der Waals surface area contributed by atoms with Gasteiger partial charge in [0.2, 0.25) is 10.0 Å². The maximum absolute atomic E-state index is 11.6. The molecule has 0 aromatic carbocycles. The number of likely N-dealkylation sites (N-methyl/N-ethyl adjacent to an activating group) is 1. The fourth-order valence-corrected chi connectivity index (χ4v) is 4.80. The Kier molecular flexibility index (Phi) is 3.92. The highest BCUT2D eigenvalue weighted by atomic mass is 32.2. The Hall–Kier alpha value is -0.430. The molecule has 0 N–H and O–H groups in total. The number of fused-ring (bicyclic) bond motifs is 3. The number of nitrogens with zero attached hydrogens (tertiary/aromatic N) is 1. The number of sulfonamides is 1. The summed E-state index contributed by atoms with van der Waals surface area (Å²) >= 11 is 1.80. The van der Waals surface area contributed by atoms with Crippen molar-refractivity contribution in [3.05, 3.63) is 21.9 Å². The van der Waals surface area contributed by atoms with Crippen LogP contribution in [0.15, 0.2) is 11.4 Å². The average Bonchev–Trinajstić information content (AvgIpc) is 2.87. The van der Waals surface area contributed by atoms with Crippen LogP contribution in [0, 0.1) is 0 Å². The molecule has 20 heavy (non-hydrogen) atoms. The number of hydrogen-bond acceptors (Lipinski definition) is 4. The Morgan fingerprint density at radius 3 is 2.90 bits per heavy atom. The van der Waals surface area contributed by atoms with Gasteiger partial charge in [-0.05, 0) is 29.9 Å². The topological polar surface area (TPSA) is 46.6 Å². The number of hydrogen-bond donors (Lipinski definition) is 0. The van der Waals surface area contributed by atoms with Crippen LogP contribution in [-0.2, 0) is 14.8 Å². The van der Waals surface area contributed by atoms with E-state index in [4.69, 9.17) is 4.74 Å². The number of ether oxygens (including phenoxy) is 1. The summed E-state index contributed by atoms with van der Waals surface area (Å²) in [5.74, 6) is 0.526. The molecule has 0 bridgehead atoms. The molecule has 1 aromatic heterocycles. The van der Waals surface area contributed by atoms with Crippen molar-refractivity contribution in [2.75, 3.05) is 19.8 Å². The summed E-state index contributed by atoms with van der Waals surface area (Å²) < 4.78 is 30.9. The van der Waals surface area contributed by atoms with Gasteiger partial charge in [0, 0.05) is 24.4 Å². The van der Waals surface area contributed by atoms with E-state index in [9.17, 15) is 8.42 Å². The number of rotatable bonds is 3. The third kappa shape index (κ3) is 2.66. The molecule has 2 aliphatic rings. The molecule has 0 unspecified atom stereocenters. The highest BCUT2D eigenvalue weighted by Crippen LogP contribution is 2.47. The van der Waals surface area contributed by atoms with E-state index in [-0.39, 0.29) is 12.2 Å². The SMILES string of the molecule is CN(C[C@H]1O[C@@H]2CCCC[C@@H]2c2sccc21)S(C)(=O)=O. The second-order valence-corrected chi connectivity index (χ2v) is 8.87. The lowest BCUT2D eigenvalue weighted by molar-refractivity contribution is -0.0600. The highest BCUT2D eigenvalue weighted by Gasteiger charge is 2.38. The Bertz CT molecular complexity index is 581. The van der Waals surface area contributed by atoms with Crippen molar-refractivity contribution < 1.29 is 13.2 Å². The second-order valence-electron chi connectivity index (χ2n) is 5.84. The van der Waals surface area contributed by atoms with Gasteiger partial charge in [-0.2, -0.15) is 0 Å². The molecular weight excluding hydrogens is 294 g/mol. The van der Waals surface area contributed by atoms with Gasteiger partial charge in [-0.15, -0.1) is 11.3 Å². The molecule has 4 nitrogen and oxygen atoms in total. The zero-order valence-electron chi connectivity index (χ0n) is 11.9. The first-order chi connectivity index (χ1) is 9.47. The molecule has 1 saturated carbocycles. The van der Waals surface area contributed by atoms with Crippen molar-refractivity contribution in [3.63, 3.8) is 0 Å². The van der Waals surface area contributed by atoms with Gasteiger partial charge < -0.3 is 4.74 Å². The molecule has 1 aromatic rings. The van der Waals surface area contributed by atoms with Crippen molar-refractivity contribution in [1.82, 2.24) is 4.31 Å². The number of thiophene rings is 1. The minimum atomic E-state index is -3.16. The van der Waals surface area contributed by atoms with E-state index in [1.54, 1.807) is 18.4 Å². The Morgan fingerprint density at radius 1 is 1.40 bits per heavy atom. The van der Waals surface area contributed by atoms with Crippen molar-refractivity contribution in [2.24, 2.45) is 0 Å². The molecule has 3 atom stereocenters. The van der Waals surface area contributed by atoms with E-state index in [0.717, 1.165) is 6.42 Å². The van der Waals surface area contributed by atoms with E-state index in [1.807, 2.05) is 0 Å². The van der Waals surface area contributed by atoms with Crippen LogP contribution >= 0.6 is 11.3 Å². The summed E-state index contributed by atoms with van der Waals surface area (Å²) in [4.78, 5) is 1.42. The first-order valence-electron chi connectivity index (χ1n) is 7.11. The van der Waals surface area contributed by atoms with Gasteiger partial charge in [-0.1, -0.05) is 12.8 Å². The molecule has 0 radical (unpaired) electrons. The summed E-state index contributed by atoms with van der Waals surface area (Å²) in [5, 5.41) is 2.11. The van der Waals surface area contributed by atoms with Gasteiger partial charge in [0.05, 0.1) is 18.5 Å². The minimum Gasteiger partial charge on any atom is -0.368 e. The third-order valence-electron chi connectivity index (χ3n) is 4.44. The Balaban J connectivity index is 1.86. The summed E-state index contributed by atoms with van der Waals surface area (Å²) in [5.41, 5.74) is 1.20. The molecule has 1 aliphatic heterocycles. The quantitative estimate of drug-likeness (QED) is 0.861. The van der Waals surface area contributed by atoms with E-state index in [1.165, 1.54) is 40.3 Å². The normalized spacial score (nSPS) is 30.1. The highest BCUT2D eigenvalue weighted by molar-refractivity contribution is 7.88. The molecular formula is C14H21NO3S2. The zero-order valence-corrected chi connectivity index (χ0v) is 13.5. The maximum atomic E-state index is 11.6. The smallest absolute Gasteiger partial charge is 0.211 e. The van der Waals surface area contributed by atoms with E-state index < -0.39 is 10.0 Å². The third-order valence-corrected chi connectivity index (χ3v) is 6.79. The molecule has 3 rings (SSSR count). The van der Waals surface area contributed by atoms with Crippen LogP contribution in [0.2, 0.25) is 0 Å². The predicted molar refractivity (Wildman–Crippen MR) is 80.6 cm³/mol. The summed E-state index contributed by atoms with van der Waals surface area (Å²) in [6, 6.07) is 2.10. The average molecular weight is 315 g/mol. The van der Waals surface area contributed by atoms with Crippen LogP contribution < -0.4 is 0 Å². The van der Waals surface area contributed by atoms with Crippen LogP contribution in [0.3, 0.4) is 0 Å². The van der Waals surface area contributed by atoms with Crippen molar-refractivity contribution in [2.45, 2.75) is 43.8 Å². The first kappa shape index (κ1) is 14.5. The lowest BCUT2D eigenvalue weighted by Crippen LogP contribution is -2.38. The van der Waals surface area contributed by atoms with Crippen molar-refractivity contribution >= 4 is 21.4 Å². The van der Waals surface area contributed by atoms with Crippen LogP contribution in [0.5, 0.6) is 0 Å². The molecule has 0 amide bonds. The monoisotopic (exact) mass is 315 g/mol. The van der Waals surface area contributed by atoms with Gasteiger partial charge >= 0.3 is 0 Å². The lowest BCUT2D eigenvalue weighted by atomic mass is 9.81. The van der Waals surface area contributed by atoms with Gasteiger partial charge in [0.1, 0.15) is 0 Å². The van der Waals surface area contributed by atoms with Gasteiger partial charge in [-0.25, -0.2) is 12.7 Å². The maximum Gasteiger partial charge on any atom is 0.211 e. The fourth-order valence-electron chi connectivity index (χ4n) is 3.25. The predicted octanol–water partition coefficient (Wildman–Crippen LogP) is 2.74. The lowest BCUT2D eigenvalue weighted by Gasteiger charge is -2.40. The second kappa shape index (κ2) is 5.40. The van der Waals surface area contributed by atoms with Gasteiger partial charge in [0.25, 0.3) is 0 Å². The summed E-state index contributed by atoms with van der Waals surface area (Å²) in [6.07, 6.45) is 6.19. The first-order valence-corrected chi connectivity index (χ1v) is 9.83. The van der Waals surface area contributed by atoms with Gasteiger partial charge in [-0.3, -0.25) is 0 Å². The van der Waals surface area contributed by atoms with Crippen molar-refractivity contribution in [1.29, 1.82) is 0 Å². The van der Waals surface area contributed by atoms with Gasteiger partial charge in [0.15, 0.2) is 0 Å². The van der Waals surface area contributed by atoms with E-state index in [0.29, 0.717) is 12.5 Å². The van der Waals surface area contributed by atoms with E-state index in [2.05, 4.69) is 11.4 Å². The molecule has 0 spiro atoms. The Morgan fingerprint density at radius 2 is 2.15 bits per heavy atom. The molecule has 6 heteroatoms. The van der Waals surface area contributed by atoms with Crippen LogP contribution in [0.1, 0.15) is 48.1 Å². The molecule has 0 saturated heterocycles.